The van der Waals surface area contributed by atoms with Crippen LogP contribution in [0, 0.1) is 18.6 Å². The molecule has 0 radical (unpaired) electrons. The summed E-state index contributed by atoms with van der Waals surface area (Å²) in [6.45, 7) is 10.8. The standard InChI is InChI=1S/C27H28F2N4O/c1-16(2)27-31-13-17(3)26(32-27)24-12-22(8-9-30-24)33-14-18(4)25(10-19(33)5)34-15-20-6-7-21(28)11-23(20)29/h6-13,16H,14-15H2,1-5H3. The second kappa shape index (κ2) is 9.71. The summed E-state index contributed by atoms with van der Waals surface area (Å²) >= 11 is 0. The SMILES string of the molecule is CC1=CC(OCc2ccc(F)cc2F)=C(C)CN1c1ccnc(-c2nc(C(C)C)ncc2C)c1. The molecule has 0 spiro atoms. The smallest absolute Gasteiger partial charge is 0.132 e. The third kappa shape index (κ3) is 4.98. The molecule has 1 aliphatic heterocycles. The summed E-state index contributed by atoms with van der Waals surface area (Å²) < 4.78 is 33.0. The van der Waals surface area contributed by atoms with Crippen LogP contribution in [0.3, 0.4) is 0 Å². The fourth-order valence-corrected chi connectivity index (χ4v) is 3.79. The van der Waals surface area contributed by atoms with Gasteiger partial charge >= 0.3 is 0 Å². The van der Waals surface area contributed by atoms with Crippen LogP contribution in [0.2, 0.25) is 0 Å². The predicted molar refractivity (Wildman–Crippen MR) is 129 cm³/mol. The van der Waals surface area contributed by atoms with Gasteiger partial charge in [0.1, 0.15) is 29.8 Å². The monoisotopic (exact) mass is 462 g/mol. The van der Waals surface area contributed by atoms with Crippen molar-refractivity contribution < 1.29 is 13.5 Å². The van der Waals surface area contributed by atoms with E-state index in [1.165, 1.54) is 12.1 Å². The summed E-state index contributed by atoms with van der Waals surface area (Å²) in [7, 11) is 0. The van der Waals surface area contributed by atoms with Crippen LogP contribution in [0.4, 0.5) is 14.5 Å². The Labute approximate surface area is 198 Å². The Kier molecular flexibility index (Phi) is 6.72. The van der Waals surface area contributed by atoms with Gasteiger partial charge in [-0.2, -0.15) is 0 Å². The molecular weight excluding hydrogens is 434 g/mol. The molecule has 0 bridgehead atoms. The van der Waals surface area contributed by atoms with Gasteiger partial charge in [-0.15, -0.1) is 0 Å². The molecule has 34 heavy (non-hydrogen) atoms. The molecule has 1 aliphatic rings. The second-order valence-corrected chi connectivity index (χ2v) is 8.85. The molecule has 1 aromatic carbocycles. The Bertz CT molecular complexity index is 1280. The first-order valence-electron chi connectivity index (χ1n) is 11.2. The lowest BCUT2D eigenvalue weighted by Crippen LogP contribution is -2.27. The van der Waals surface area contributed by atoms with Gasteiger partial charge in [-0.1, -0.05) is 13.8 Å². The van der Waals surface area contributed by atoms with Crippen molar-refractivity contribution in [1.82, 2.24) is 15.0 Å². The second-order valence-electron chi connectivity index (χ2n) is 8.85. The van der Waals surface area contributed by atoms with E-state index in [0.717, 1.165) is 45.8 Å². The van der Waals surface area contributed by atoms with Gasteiger partial charge in [-0.25, -0.2) is 18.7 Å². The number of allylic oxidation sites excluding steroid dienone is 2. The van der Waals surface area contributed by atoms with Crippen LogP contribution in [0.15, 0.2) is 65.8 Å². The molecule has 0 amide bonds. The third-order valence-electron chi connectivity index (χ3n) is 5.78. The van der Waals surface area contributed by atoms with Crippen molar-refractivity contribution in [3.63, 3.8) is 0 Å². The maximum atomic E-state index is 14.0. The lowest BCUT2D eigenvalue weighted by Gasteiger charge is -2.31. The van der Waals surface area contributed by atoms with E-state index in [4.69, 9.17) is 9.72 Å². The van der Waals surface area contributed by atoms with E-state index < -0.39 is 11.6 Å². The summed E-state index contributed by atoms with van der Waals surface area (Å²) in [6, 6.07) is 7.51. The quantitative estimate of drug-likeness (QED) is 0.421. The van der Waals surface area contributed by atoms with E-state index in [1.54, 1.807) is 6.20 Å². The Morgan fingerprint density at radius 1 is 1.06 bits per heavy atom. The molecule has 3 heterocycles. The molecule has 3 aromatic rings. The molecular formula is C27H28F2N4O. The molecule has 176 valence electrons. The molecule has 0 unspecified atom stereocenters. The average Bonchev–Trinajstić information content (AvgIpc) is 2.80. The zero-order valence-electron chi connectivity index (χ0n) is 20.1. The Balaban J connectivity index is 1.55. The van der Waals surface area contributed by atoms with Crippen LogP contribution in [-0.4, -0.2) is 21.5 Å². The molecule has 0 fully saturated rings. The first kappa shape index (κ1) is 23.5. The molecule has 7 heteroatoms. The zero-order chi connectivity index (χ0) is 24.4. The van der Waals surface area contributed by atoms with Crippen molar-refractivity contribution in [3.05, 3.63) is 94.4 Å². The number of anilines is 1. The lowest BCUT2D eigenvalue weighted by atomic mass is 10.1. The maximum absolute atomic E-state index is 14.0. The highest BCUT2D eigenvalue weighted by molar-refractivity contribution is 5.66. The minimum atomic E-state index is -0.610. The minimum absolute atomic E-state index is 0.0349. The van der Waals surface area contributed by atoms with Crippen LogP contribution in [0.25, 0.3) is 11.4 Å². The number of benzene rings is 1. The van der Waals surface area contributed by atoms with Crippen molar-refractivity contribution >= 4 is 5.69 Å². The van der Waals surface area contributed by atoms with Gasteiger partial charge in [0.2, 0.25) is 0 Å². The highest BCUT2D eigenvalue weighted by atomic mass is 19.1. The summed E-state index contributed by atoms with van der Waals surface area (Å²) in [5.41, 5.74) is 5.89. The zero-order valence-corrected chi connectivity index (χ0v) is 20.1. The van der Waals surface area contributed by atoms with Gasteiger partial charge in [-0.05, 0) is 62.2 Å². The normalized spacial score (nSPS) is 14.0. The predicted octanol–water partition coefficient (Wildman–Crippen LogP) is 6.46. The Morgan fingerprint density at radius 2 is 1.85 bits per heavy atom. The maximum Gasteiger partial charge on any atom is 0.132 e. The molecule has 0 N–H and O–H groups in total. The van der Waals surface area contributed by atoms with Gasteiger partial charge in [-0.3, -0.25) is 4.98 Å². The number of halogens is 2. The highest BCUT2D eigenvalue weighted by Crippen LogP contribution is 2.30. The fraction of sp³-hybridized carbons (Fsp3) is 0.296. The highest BCUT2D eigenvalue weighted by Gasteiger charge is 2.20. The number of pyridine rings is 1. The van der Waals surface area contributed by atoms with E-state index in [0.29, 0.717) is 17.9 Å². The van der Waals surface area contributed by atoms with Crippen molar-refractivity contribution in [3.8, 4) is 11.4 Å². The molecule has 4 rings (SSSR count). The largest absolute Gasteiger partial charge is 0.489 e. The number of rotatable bonds is 6. The van der Waals surface area contributed by atoms with E-state index in [1.807, 2.05) is 45.2 Å². The number of aryl methyl sites for hydroxylation is 1. The average molecular weight is 463 g/mol. The summed E-state index contributed by atoms with van der Waals surface area (Å²) in [5, 5.41) is 0. The fourth-order valence-electron chi connectivity index (χ4n) is 3.79. The first-order valence-corrected chi connectivity index (χ1v) is 11.2. The van der Waals surface area contributed by atoms with Crippen LogP contribution < -0.4 is 4.90 Å². The van der Waals surface area contributed by atoms with E-state index in [2.05, 4.69) is 28.7 Å². The van der Waals surface area contributed by atoms with Crippen molar-refractivity contribution in [2.24, 2.45) is 0 Å². The van der Waals surface area contributed by atoms with Gasteiger partial charge in [0.05, 0.1) is 11.4 Å². The number of hydrogen-bond donors (Lipinski definition) is 0. The van der Waals surface area contributed by atoms with Crippen molar-refractivity contribution in [2.75, 3.05) is 11.4 Å². The van der Waals surface area contributed by atoms with E-state index >= 15 is 0 Å². The van der Waals surface area contributed by atoms with Crippen LogP contribution in [-0.2, 0) is 11.3 Å². The molecule has 5 nitrogen and oxygen atoms in total. The number of aromatic nitrogens is 3. The lowest BCUT2D eigenvalue weighted by molar-refractivity contribution is 0.202. The van der Waals surface area contributed by atoms with E-state index in [9.17, 15) is 8.78 Å². The number of hydrogen-bond acceptors (Lipinski definition) is 5. The van der Waals surface area contributed by atoms with Gasteiger partial charge in [0, 0.05) is 47.9 Å². The minimum Gasteiger partial charge on any atom is -0.489 e. The van der Waals surface area contributed by atoms with Crippen LogP contribution >= 0.6 is 0 Å². The molecule has 0 atom stereocenters. The first-order chi connectivity index (χ1) is 16.2. The molecule has 2 aromatic heterocycles. The van der Waals surface area contributed by atoms with Crippen molar-refractivity contribution in [2.45, 2.75) is 47.1 Å². The number of nitrogens with zero attached hydrogens (tertiary/aromatic N) is 4. The summed E-state index contributed by atoms with van der Waals surface area (Å²) in [6.07, 6.45) is 5.57. The van der Waals surface area contributed by atoms with Crippen LogP contribution in [0.5, 0.6) is 0 Å². The summed E-state index contributed by atoms with van der Waals surface area (Å²) in [5.74, 6) is 0.501. The molecule has 0 saturated carbocycles. The molecule has 0 aliphatic carbocycles. The van der Waals surface area contributed by atoms with Gasteiger partial charge in [0.15, 0.2) is 0 Å². The topological polar surface area (TPSA) is 51.1 Å². The Morgan fingerprint density at radius 3 is 2.59 bits per heavy atom. The van der Waals surface area contributed by atoms with E-state index in [-0.39, 0.29) is 12.5 Å². The third-order valence-corrected chi connectivity index (χ3v) is 5.78. The molecule has 0 saturated heterocycles. The van der Waals surface area contributed by atoms with Crippen molar-refractivity contribution in [1.29, 1.82) is 0 Å². The van der Waals surface area contributed by atoms with Crippen LogP contribution in [0.1, 0.15) is 50.6 Å². The summed E-state index contributed by atoms with van der Waals surface area (Å²) in [4.78, 5) is 15.9. The number of ether oxygens (including phenoxy) is 1. The van der Waals surface area contributed by atoms with Gasteiger partial charge < -0.3 is 9.64 Å². The Hall–Kier alpha value is -3.61. The van der Waals surface area contributed by atoms with Gasteiger partial charge in [0.25, 0.3) is 0 Å².